The first kappa shape index (κ1) is 18.1. The molecular weight excluding hydrogens is 354 g/mol. The number of rotatable bonds is 6. The molecule has 1 aliphatic heterocycles. The Kier molecular flexibility index (Phi) is 5.62. The van der Waals surface area contributed by atoms with Gasteiger partial charge in [0.15, 0.2) is 11.2 Å². The second-order valence-electron chi connectivity index (χ2n) is 5.93. The van der Waals surface area contributed by atoms with E-state index in [1.165, 1.54) is 18.3 Å². The van der Waals surface area contributed by atoms with Gasteiger partial charge in [0.2, 0.25) is 5.91 Å². The Hall–Kier alpha value is -2.74. The summed E-state index contributed by atoms with van der Waals surface area (Å²) in [7, 11) is 0. The first-order valence-corrected chi connectivity index (χ1v) is 9.21. The summed E-state index contributed by atoms with van der Waals surface area (Å²) in [5, 5.41) is 5.02. The van der Waals surface area contributed by atoms with E-state index < -0.39 is 18.0 Å². The molecule has 1 aromatic heterocycles. The van der Waals surface area contributed by atoms with Gasteiger partial charge in [-0.2, -0.15) is 0 Å². The van der Waals surface area contributed by atoms with Crippen LogP contribution in [0.5, 0.6) is 0 Å². The molecule has 1 fully saturated rings. The van der Waals surface area contributed by atoms with E-state index in [2.05, 4.69) is 10.3 Å². The van der Waals surface area contributed by atoms with Crippen molar-refractivity contribution in [3.63, 3.8) is 0 Å². The fraction of sp³-hybridized carbons (Fsp3) is 0.333. The van der Waals surface area contributed by atoms with E-state index in [1.807, 2.05) is 6.07 Å². The number of carbonyl (C=O) groups excluding carboxylic acids is 3. The monoisotopic (exact) mass is 373 g/mol. The third kappa shape index (κ3) is 4.45. The van der Waals surface area contributed by atoms with Crippen LogP contribution in [0.3, 0.4) is 0 Å². The fourth-order valence-electron chi connectivity index (χ4n) is 2.56. The van der Waals surface area contributed by atoms with Gasteiger partial charge in [0, 0.05) is 24.0 Å². The predicted molar refractivity (Wildman–Crippen MR) is 98.0 cm³/mol. The number of amides is 2. The van der Waals surface area contributed by atoms with Gasteiger partial charge in [0.05, 0.1) is 12.1 Å². The molecule has 7 nitrogen and oxygen atoms in total. The van der Waals surface area contributed by atoms with E-state index in [0.717, 1.165) is 6.42 Å². The lowest BCUT2D eigenvalue weighted by Gasteiger charge is -2.13. The lowest BCUT2D eigenvalue weighted by Crippen LogP contribution is -2.30. The molecule has 26 heavy (non-hydrogen) atoms. The van der Waals surface area contributed by atoms with Gasteiger partial charge in [0.25, 0.3) is 5.91 Å². The summed E-state index contributed by atoms with van der Waals surface area (Å²) in [6, 6.07) is 8.96. The molecule has 0 bridgehead atoms. The second-order valence-corrected chi connectivity index (χ2v) is 6.77. The number of benzene rings is 1. The number of anilines is 2. The van der Waals surface area contributed by atoms with Crippen molar-refractivity contribution >= 4 is 39.9 Å². The lowest BCUT2D eigenvalue weighted by molar-refractivity contribution is -0.152. The first-order valence-electron chi connectivity index (χ1n) is 8.33. The number of carbonyl (C=O) groups is 3. The Labute approximate surface area is 155 Å². The largest absolute Gasteiger partial charge is 0.452 e. The molecule has 0 unspecified atom stereocenters. The maximum atomic E-state index is 12.1. The number of ether oxygens (including phenoxy) is 1. The molecule has 1 saturated heterocycles. The van der Waals surface area contributed by atoms with Crippen molar-refractivity contribution in [3.8, 4) is 0 Å². The summed E-state index contributed by atoms with van der Waals surface area (Å²) in [6.07, 6.45) is 0.400. The highest BCUT2D eigenvalue weighted by atomic mass is 32.1. The summed E-state index contributed by atoms with van der Waals surface area (Å²) < 4.78 is 5.18. The van der Waals surface area contributed by atoms with Crippen molar-refractivity contribution in [2.75, 3.05) is 16.8 Å². The highest BCUT2D eigenvalue weighted by Crippen LogP contribution is 2.25. The van der Waals surface area contributed by atoms with Crippen LogP contribution in [0, 0.1) is 0 Å². The molecule has 3 rings (SSSR count). The predicted octanol–water partition coefficient (Wildman–Crippen LogP) is 2.38. The molecule has 0 saturated carbocycles. The zero-order chi connectivity index (χ0) is 18.5. The molecule has 1 aromatic carbocycles. The molecule has 0 spiro atoms. The van der Waals surface area contributed by atoms with Gasteiger partial charge in [0.1, 0.15) is 0 Å². The first-order chi connectivity index (χ1) is 12.5. The van der Waals surface area contributed by atoms with Crippen LogP contribution in [0.4, 0.5) is 10.8 Å². The summed E-state index contributed by atoms with van der Waals surface area (Å²) in [5.41, 5.74) is 1.17. The summed E-state index contributed by atoms with van der Waals surface area (Å²) in [4.78, 5) is 41.8. The highest BCUT2D eigenvalue weighted by molar-refractivity contribution is 7.14. The molecule has 2 aromatic rings. The standard InChI is InChI=1S/C18H19N3O4S/c1-12(17(24)19-13-6-3-2-4-7-13)25-16(23)10-14-11-26-18(20-14)21-9-5-8-15(21)22/h2-4,6-7,11-12H,5,8-10H2,1H3,(H,19,24)/t12-/m1/s1. The average molecular weight is 373 g/mol. The number of hydrogen-bond donors (Lipinski definition) is 1. The quantitative estimate of drug-likeness (QED) is 0.786. The third-order valence-corrected chi connectivity index (χ3v) is 4.80. The topological polar surface area (TPSA) is 88.6 Å². The van der Waals surface area contributed by atoms with E-state index >= 15 is 0 Å². The third-order valence-electron chi connectivity index (χ3n) is 3.89. The number of nitrogens with zero attached hydrogens (tertiary/aromatic N) is 2. The second kappa shape index (κ2) is 8.09. The molecule has 2 amide bonds. The van der Waals surface area contributed by atoms with Gasteiger partial charge >= 0.3 is 5.97 Å². The lowest BCUT2D eigenvalue weighted by atomic mass is 10.3. The van der Waals surface area contributed by atoms with Crippen molar-refractivity contribution in [1.82, 2.24) is 4.98 Å². The minimum Gasteiger partial charge on any atom is -0.452 e. The smallest absolute Gasteiger partial charge is 0.312 e. The molecule has 1 aliphatic rings. The van der Waals surface area contributed by atoms with Crippen molar-refractivity contribution in [3.05, 3.63) is 41.4 Å². The molecule has 0 aliphatic carbocycles. The number of esters is 1. The van der Waals surface area contributed by atoms with E-state index in [1.54, 1.807) is 34.5 Å². The molecule has 136 valence electrons. The molecular formula is C18H19N3O4S. The van der Waals surface area contributed by atoms with Gasteiger partial charge in [-0.25, -0.2) is 4.98 Å². The molecule has 8 heteroatoms. The Balaban J connectivity index is 1.51. The maximum Gasteiger partial charge on any atom is 0.312 e. The van der Waals surface area contributed by atoms with Crippen LogP contribution >= 0.6 is 11.3 Å². The number of nitrogens with one attached hydrogen (secondary N) is 1. The fourth-order valence-corrected chi connectivity index (χ4v) is 3.43. The van der Waals surface area contributed by atoms with Crippen molar-refractivity contribution in [2.24, 2.45) is 0 Å². The molecule has 0 radical (unpaired) electrons. The number of para-hydroxylation sites is 1. The Morgan fingerprint density at radius 2 is 2.12 bits per heavy atom. The Morgan fingerprint density at radius 3 is 2.81 bits per heavy atom. The van der Waals surface area contributed by atoms with Crippen molar-refractivity contribution in [2.45, 2.75) is 32.3 Å². The number of aromatic nitrogens is 1. The van der Waals surface area contributed by atoms with E-state index in [4.69, 9.17) is 4.74 Å². The van der Waals surface area contributed by atoms with Gasteiger partial charge in [-0.05, 0) is 25.5 Å². The zero-order valence-corrected chi connectivity index (χ0v) is 15.1. The average Bonchev–Trinajstić information content (AvgIpc) is 3.24. The Morgan fingerprint density at radius 1 is 1.35 bits per heavy atom. The van der Waals surface area contributed by atoms with Crippen LogP contribution in [0.15, 0.2) is 35.7 Å². The summed E-state index contributed by atoms with van der Waals surface area (Å²) in [5.74, 6) is -0.879. The van der Waals surface area contributed by atoms with Crippen molar-refractivity contribution in [1.29, 1.82) is 0 Å². The van der Waals surface area contributed by atoms with E-state index in [9.17, 15) is 14.4 Å². The highest BCUT2D eigenvalue weighted by Gasteiger charge is 2.25. The van der Waals surface area contributed by atoms with Crippen LogP contribution in [0.1, 0.15) is 25.5 Å². The van der Waals surface area contributed by atoms with Crippen LogP contribution in [-0.2, 0) is 25.5 Å². The van der Waals surface area contributed by atoms with Gasteiger partial charge in [-0.3, -0.25) is 19.3 Å². The Bertz CT molecular complexity index is 806. The minimum absolute atomic E-state index is 0.0402. The van der Waals surface area contributed by atoms with Crippen LogP contribution in [0.2, 0.25) is 0 Å². The van der Waals surface area contributed by atoms with Crippen LogP contribution < -0.4 is 10.2 Å². The number of thiazole rings is 1. The minimum atomic E-state index is -0.916. The van der Waals surface area contributed by atoms with E-state index in [-0.39, 0.29) is 12.3 Å². The van der Waals surface area contributed by atoms with Gasteiger partial charge in [-0.15, -0.1) is 11.3 Å². The summed E-state index contributed by atoms with van der Waals surface area (Å²) in [6.45, 7) is 2.18. The zero-order valence-electron chi connectivity index (χ0n) is 14.3. The van der Waals surface area contributed by atoms with Crippen molar-refractivity contribution < 1.29 is 19.1 Å². The van der Waals surface area contributed by atoms with Gasteiger partial charge < -0.3 is 10.1 Å². The maximum absolute atomic E-state index is 12.1. The van der Waals surface area contributed by atoms with Gasteiger partial charge in [-0.1, -0.05) is 18.2 Å². The van der Waals surface area contributed by atoms with Crippen LogP contribution in [-0.4, -0.2) is 35.4 Å². The molecule has 1 atom stereocenters. The summed E-state index contributed by atoms with van der Waals surface area (Å²) >= 11 is 1.33. The van der Waals surface area contributed by atoms with E-state index in [0.29, 0.717) is 29.5 Å². The van der Waals surface area contributed by atoms with Crippen LogP contribution in [0.25, 0.3) is 0 Å². The molecule has 2 heterocycles. The normalized spacial score (nSPS) is 15.0. The molecule has 1 N–H and O–H groups in total. The SMILES string of the molecule is C[C@@H](OC(=O)Cc1csc(N2CCCC2=O)n1)C(=O)Nc1ccccc1. The number of hydrogen-bond acceptors (Lipinski definition) is 6.